The van der Waals surface area contributed by atoms with Crippen LogP contribution in [0.1, 0.15) is 49.1 Å². The Bertz CT molecular complexity index is 467. The summed E-state index contributed by atoms with van der Waals surface area (Å²) >= 11 is 0. The van der Waals surface area contributed by atoms with Gasteiger partial charge in [-0.3, -0.25) is 4.79 Å². The van der Waals surface area contributed by atoms with Crippen molar-refractivity contribution in [2.45, 2.75) is 38.0 Å². The molecule has 0 bridgehead atoms. The normalized spacial score (nSPS) is 16.8. The zero-order chi connectivity index (χ0) is 13.7. The van der Waals surface area contributed by atoms with Crippen molar-refractivity contribution in [3.8, 4) is 6.07 Å². The monoisotopic (exact) mass is 257 g/mol. The van der Waals surface area contributed by atoms with E-state index in [9.17, 15) is 4.79 Å². The summed E-state index contributed by atoms with van der Waals surface area (Å²) in [6.07, 6.45) is 5.82. The number of rotatable bonds is 4. The lowest BCUT2D eigenvalue weighted by molar-refractivity contribution is -0.142. The van der Waals surface area contributed by atoms with Crippen LogP contribution in [0.25, 0.3) is 0 Å². The van der Waals surface area contributed by atoms with Crippen molar-refractivity contribution >= 4 is 5.97 Å². The van der Waals surface area contributed by atoms with Gasteiger partial charge >= 0.3 is 5.97 Å². The first-order valence-electron chi connectivity index (χ1n) is 6.82. The molecule has 1 unspecified atom stereocenters. The molecule has 0 radical (unpaired) electrons. The molecule has 3 nitrogen and oxygen atoms in total. The summed E-state index contributed by atoms with van der Waals surface area (Å²) in [7, 11) is 1.44. The molecule has 1 aromatic carbocycles. The molecule has 1 aliphatic rings. The van der Waals surface area contributed by atoms with Gasteiger partial charge in [0.05, 0.1) is 24.7 Å². The molecule has 0 N–H and O–H groups in total. The second-order valence-corrected chi connectivity index (χ2v) is 5.20. The standard InChI is InChI=1S/C16H19NO2/c1-19-16(18)15(10-12-4-2-3-5-12)14-8-6-13(11-17)7-9-14/h6-9,12,15H,2-5,10H2,1H3. The number of hydrogen-bond acceptors (Lipinski definition) is 3. The summed E-state index contributed by atoms with van der Waals surface area (Å²) in [6.45, 7) is 0. The molecule has 1 aliphatic carbocycles. The maximum absolute atomic E-state index is 12.0. The van der Waals surface area contributed by atoms with Gasteiger partial charge in [0.15, 0.2) is 0 Å². The van der Waals surface area contributed by atoms with Gasteiger partial charge in [0.25, 0.3) is 0 Å². The third-order valence-electron chi connectivity index (χ3n) is 3.97. The van der Waals surface area contributed by atoms with Crippen molar-refractivity contribution in [3.63, 3.8) is 0 Å². The van der Waals surface area contributed by atoms with E-state index in [1.807, 2.05) is 12.1 Å². The summed E-state index contributed by atoms with van der Waals surface area (Å²) in [6, 6.07) is 9.36. The fourth-order valence-corrected chi connectivity index (χ4v) is 2.88. The number of nitrogens with zero attached hydrogens (tertiary/aromatic N) is 1. The third kappa shape index (κ3) is 3.35. The van der Waals surface area contributed by atoms with Crippen LogP contribution in [0.2, 0.25) is 0 Å². The van der Waals surface area contributed by atoms with Crippen LogP contribution in [-0.2, 0) is 9.53 Å². The molecule has 19 heavy (non-hydrogen) atoms. The Labute approximate surface area is 114 Å². The third-order valence-corrected chi connectivity index (χ3v) is 3.97. The number of nitriles is 1. The van der Waals surface area contributed by atoms with Gasteiger partial charge in [-0.25, -0.2) is 0 Å². The number of carbonyl (C=O) groups is 1. The lowest BCUT2D eigenvalue weighted by Gasteiger charge is -2.18. The molecule has 3 heteroatoms. The van der Waals surface area contributed by atoms with Crippen molar-refractivity contribution in [3.05, 3.63) is 35.4 Å². The molecule has 0 aliphatic heterocycles. The average Bonchev–Trinajstić information content (AvgIpc) is 2.97. The van der Waals surface area contributed by atoms with E-state index in [0.29, 0.717) is 11.5 Å². The summed E-state index contributed by atoms with van der Waals surface area (Å²) in [5.74, 6) is 0.261. The number of ether oxygens (including phenoxy) is 1. The second kappa shape index (κ2) is 6.38. The van der Waals surface area contributed by atoms with Crippen LogP contribution in [0.3, 0.4) is 0 Å². The minimum atomic E-state index is -0.194. The number of methoxy groups -OCH3 is 1. The SMILES string of the molecule is COC(=O)C(CC1CCCC1)c1ccc(C#N)cc1. The van der Waals surface area contributed by atoms with Gasteiger partial charge in [0, 0.05) is 0 Å². The second-order valence-electron chi connectivity index (χ2n) is 5.20. The number of hydrogen-bond donors (Lipinski definition) is 0. The Balaban J connectivity index is 2.15. The van der Waals surface area contributed by atoms with E-state index in [0.717, 1.165) is 12.0 Å². The van der Waals surface area contributed by atoms with Crippen LogP contribution in [0.5, 0.6) is 0 Å². The molecule has 0 amide bonds. The Hall–Kier alpha value is -1.82. The number of esters is 1. The first-order chi connectivity index (χ1) is 9.24. The van der Waals surface area contributed by atoms with Crippen LogP contribution in [0.4, 0.5) is 0 Å². The molecule has 0 spiro atoms. The van der Waals surface area contributed by atoms with Crippen molar-refractivity contribution in [2.24, 2.45) is 5.92 Å². The van der Waals surface area contributed by atoms with E-state index >= 15 is 0 Å². The largest absolute Gasteiger partial charge is 0.469 e. The molecular formula is C16H19NO2. The molecule has 0 aromatic heterocycles. The van der Waals surface area contributed by atoms with Crippen LogP contribution in [0, 0.1) is 17.2 Å². The van der Waals surface area contributed by atoms with E-state index in [-0.39, 0.29) is 11.9 Å². The lowest BCUT2D eigenvalue weighted by atomic mass is 9.87. The van der Waals surface area contributed by atoms with E-state index in [1.165, 1.54) is 32.8 Å². The van der Waals surface area contributed by atoms with E-state index in [1.54, 1.807) is 12.1 Å². The number of carbonyl (C=O) groups excluding carboxylic acids is 1. The van der Waals surface area contributed by atoms with E-state index in [4.69, 9.17) is 10.00 Å². The fourth-order valence-electron chi connectivity index (χ4n) is 2.88. The smallest absolute Gasteiger partial charge is 0.313 e. The van der Waals surface area contributed by atoms with Crippen LogP contribution in [-0.4, -0.2) is 13.1 Å². The predicted molar refractivity (Wildman–Crippen MR) is 72.5 cm³/mol. The van der Waals surface area contributed by atoms with Crippen LogP contribution >= 0.6 is 0 Å². The quantitative estimate of drug-likeness (QED) is 0.777. The number of benzene rings is 1. The molecular weight excluding hydrogens is 238 g/mol. The van der Waals surface area contributed by atoms with Crippen LogP contribution in [0.15, 0.2) is 24.3 Å². The van der Waals surface area contributed by atoms with Crippen molar-refractivity contribution in [2.75, 3.05) is 7.11 Å². The fraction of sp³-hybridized carbons (Fsp3) is 0.500. The molecule has 1 saturated carbocycles. The molecule has 1 atom stereocenters. The zero-order valence-corrected chi connectivity index (χ0v) is 11.3. The first-order valence-corrected chi connectivity index (χ1v) is 6.82. The van der Waals surface area contributed by atoms with Crippen molar-refractivity contribution in [1.82, 2.24) is 0 Å². The molecule has 1 aromatic rings. The molecule has 0 heterocycles. The topological polar surface area (TPSA) is 50.1 Å². The summed E-state index contributed by atoms with van der Waals surface area (Å²) < 4.78 is 4.93. The van der Waals surface area contributed by atoms with E-state index in [2.05, 4.69) is 6.07 Å². The van der Waals surface area contributed by atoms with Gasteiger partial charge < -0.3 is 4.74 Å². The Morgan fingerprint density at radius 2 is 2.00 bits per heavy atom. The zero-order valence-electron chi connectivity index (χ0n) is 11.3. The maximum atomic E-state index is 12.0. The molecule has 2 rings (SSSR count). The van der Waals surface area contributed by atoms with E-state index < -0.39 is 0 Å². The Morgan fingerprint density at radius 3 is 2.53 bits per heavy atom. The van der Waals surface area contributed by atoms with Gasteiger partial charge in [-0.2, -0.15) is 5.26 Å². The van der Waals surface area contributed by atoms with Gasteiger partial charge in [-0.1, -0.05) is 37.8 Å². The highest BCUT2D eigenvalue weighted by Gasteiger charge is 2.27. The maximum Gasteiger partial charge on any atom is 0.313 e. The average molecular weight is 257 g/mol. The minimum Gasteiger partial charge on any atom is -0.469 e. The highest BCUT2D eigenvalue weighted by atomic mass is 16.5. The Morgan fingerprint density at radius 1 is 1.37 bits per heavy atom. The Kier molecular flexibility index (Phi) is 4.57. The lowest BCUT2D eigenvalue weighted by Crippen LogP contribution is -2.17. The highest BCUT2D eigenvalue weighted by Crippen LogP contribution is 2.34. The van der Waals surface area contributed by atoms with Gasteiger partial charge in [0.2, 0.25) is 0 Å². The minimum absolute atomic E-state index is 0.170. The molecule has 1 fully saturated rings. The van der Waals surface area contributed by atoms with Crippen molar-refractivity contribution < 1.29 is 9.53 Å². The molecule has 100 valence electrons. The van der Waals surface area contributed by atoms with Crippen molar-refractivity contribution in [1.29, 1.82) is 5.26 Å². The summed E-state index contributed by atoms with van der Waals surface area (Å²) in [5.41, 5.74) is 1.57. The van der Waals surface area contributed by atoms with Gasteiger partial charge in [0.1, 0.15) is 0 Å². The predicted octanol–water partition coefficient (Wildman–Crippen LogP) is 3.40. The highest BCUT2D eigenvalue weighted by molar-refractivity contribution is 5.78. The summed E-state index contributed by atoms with van der Waals surface area (Å²) in [5, 5.41) is 8.81. The van der Waals surface area contributed by atoms with Gasteiger partial charge in [-0.05, 0) is 30.0 Å². The molecule has 0 saturated heterocycles. The van der Waals surface area contributed by atoms with Gasteiger partial charge in [-0.15, -0.1) is 0 Å². The van der Waals surface area contributed by atoms with Crippen LogP contribution < -0.4 is 0 Å². The first kappa shape index (κ1) is 13.6. The summed E-state index contributed by atoms with van der Waals surface area (Å²) in [4.78, 5) is 12.0.